The second kappa shape index (κ2) is 7.37. The molecule has 1 aliphatic rings. The van der Waals surface area contributed by atoms with Gasteiger partial charge in [0.25, 0.3) is 0 Å². The first-order valence-electron chi connectivity index (χ1n) is 10.2. The van der Waals surface area contributed by atoms with Crippen LogP contribution in [0.3, 0.4) is 0 Å². The van der Waals surface area contributed by atoms with Gasteiger partial charge in [0.1, 0.15) is 23.1 Å². The van der Waals surface area contributed by atoms with Crippen molar-refractivity contribution in [2.24, 2.45) is 4.99 Å². The van der Waals surface area contributed by atoms with Crippen LogP contribution in [0, 0.1) is 18.6 Å². The summed E-state index contributed by atoms with van der Waals surface area (Å²) in [6.45, 7) is 6.09. The van der Waals surface area contributed by atoms with Gasteiger partial charge < -0.3 is 11.1 Å². The minimum absolute atomic E-state index is 0.0209. The van der Waals surface area contributed by atoms with Crippen LogP contribution in [0.1, 0.15) is 36.6 Å². The average molecular weight is 433 g/mol. The predicted octanol–water partition coefficient (Wildman–Crippen LogP) is 4.92. The number of benzene rings is 2. The van der Waals surface area contributed by atoms with E-state index < -0.39 is 11.6 Å². The fourth-order valence-corrected chi connectivity index (χ4v) is 3.88. The van der Waals surface area contributed by atoms with Crippen molar-refractivity contribution in [3.8, 4) is 11.3 Å². The summed E-state index contributed by atoms with van der Waals surface area (Å²) in [6.07, 6.45) is 1.84. The quantitative estimate of drug-likeness (QED) is 0.476. The van der Waals surface area contributed by atoms with Gasteiger partial charge in [-0.1, -0.05) is 18.2 Å². The Bertz CT molecular complexity index is 1410. The van der Waals surface area contributed by atoms with Crippen molar-refractivity contribution < 1.29 is 8.78 Å². The van der Waals surface area contributed by atoms with Crippen LogP contribution in [-0.4, -0.2) is 26.0 Å². The van der Waals surface area contributed by atoms with Crippen LogP contribution in [0.25, 0.3) is 22.3 Å². The summed E-state index contributed by atoms with van der Waals surface area (Å²) in [7, 11) is 0. The molecule has 0 aliphatic carbocycles. The molecule has 0 radical (unpaired) electrons. The van der Waals surface area contributed by atoms with Crippen LogP contribution in [-0.2, 0) is 6.54 Å². The molecule has 0 fully saturated rings. The Morgan fingerprint density at radius 1 is 1.12 bits per heavy atom. The summed E-state index contributed by atoms with van der Waals surface area (Å²) in [5.74, 6) is -0.884. The first-order chi connectivity index (χ1) is 15.3. The van der Waals surface area contributed by atoms with E-state index in [-0.39, 0.29) is 29.1 Å². The number of nitrogens with two attached hydrogens (primary N) is 1. The Hall–Kier alpha value is -3.88. The van der Waals surface area contributed by atoms with Crippen LogP contribution < -0.4 is 11.1 Å². The third kappa shape index (κ3) is 3.17. The summed E-state index contributed by atoms with van der Waals surface area (Å²) in [6, 6.07) is 8.14. The molecule has 0 saturated carbocycles. The minimum atomic E-state index is -0.608. The SMILES string of the molecule is Cc1cc(F)c(Nc2nc(N)c3c(-c4cccc5c4C=NC5)nn(C(C)C)c3n2)cc1F. The topological polar surface area (TPSA) is 94.0 Å². The minimum Gasteiger partial charge on any atom is -0.383 e. The first kappa shape index (κ1) is 20.0. The number of aryl methyl sites for hydroxylation is 1. The van der Waals surface area contributed by atoms with Crippen molar-refractivity contribution in [1.29, 1.82) is 0 Å². The second-order valence-corrected chi connectivity index (χ2v) is 8.07. The molecule has 5 rings (SSSR count). The van der Waals surface area contributed by atoms with Crippen LogP contribution in [0.4, 0.5) is 26.2 Å². The molecule has 162 valence electrons. The lowest BCUT2D eigenvalue weighted by atomic mass is 10.00. The number of rotatable bonds is 4. The van der Waals surface area contributed by atoms with E-state index in [9.17, 15) is 8.78 Å². The Labute approximate surface area is 183 Å². The first-order valence-corrected chi connectivity index (χ1v) is 10.2. The van der Waals surface area contributed by atoms with Gasteiger partial charge in [-0.15, -0.1) is 0 Å². The monoisotopic (exact) mass is 433 g/mol. The molecule has 0 amide bonds. The van der Waals surface area contributed by atoms with E-state index in [1.165, 1.54) is 6.92 Å². The summed E-state index contributed by atoms with van der Waals surface area (Å²) >= 11 is 0. The number of hydrogen-bond donors (Lipinski definition) is 2. The number of aromatic nitrogens is 4. The molecule has 7 nitrogen and oxygen atoms in total. The molecule has 0 unspecified atom stereocenters. The lowest BCUT2D eigenvalue weighted by Gasteiger charge is -2.10. The molecular weight excluding hydrogens is 412 g/mol. The fraction of sp³-hybridized carbons (Fsp3) is 0.217. The second-order valence-electron chi connectivity index (χ2n) is 8.07. The Morgan fingerprint density at radius 3 is 2.72 bits per heavy atom. The zero-order chi connectivity index (χ0) is 22.6. The summed E-state index contributed by atoms with van der Waals surface area (Å²) in [5.41, 5.74) is 10.7. The Balaban J connectivity index is 1.68. The van der Waals surface area contributed by atoms with Crippen molar-refractivity contribution in [2.45, 2.75) is 33.4 Å². The third-order valence-electron chi connectivity index (χ3n) is 5.50. The van der Waals surface area contributed by atoms with E-state index in [4.69, 9.17) is 10.8 Å². The van der Waals surface area contributed by atoms with Gasteiger partial charge >= 0.3 is 0 Å². The smallest absolute Gasteiger partial charge is 0.231 e. The lowest BCUT2D eigenvalue weighted by Crippen LogP contribution is -2.07. The van der Waals surface area contributed by atoms with E-state index in [2.05, 4.69) is 20.3 Å². The zero-order valence-corrected chi connectivity index (χ0v) is 17.8. The Morgan fingerprint density at radius 2 is 1.94 bits per heavy atom. The molecule has 32 heavy (non-hydrogen) atoms. The largest absolute Gasteiger partial charge is 0.383 e. The number of anilines is 3. The van der Waals surface area contributed by atoms with Crippen molar-refractivity contribution in [1.82, 2.24) is 19.7 Å². The van der Waals surface area contributed by atoms with Crippen LogP contribution in [0.2, 0.25) is 0 Å². The van der Waals surface area contributed by atoms with Crippen molar-refractivity contribution in [2.75, 3.05) is 11.1 Å². The molecule has 0 bridgehead atoms. The molecular formula is C23H21F2N7. The lowest BCUT2D eigenvalue weighted by molar-refractivity contribution is 0.548. The number of nitrogen functional groups attached to an aromatic ring is 1. The maximum atomic E-state index is 14.3. The highest BCUT2D eigenvalue weighted by Gasteiger charge is 2.23. The van der Waals surface area contributed by atoms with E-state index >= 15 is 0 Å². The molecule has 3 heterocycles. The molecule has 4 aromatic rings. The van der Waals surface area contributed by atoms with Gasteiger partial charge in [0, 0.05) is 29.4 Å². The van der Waals surface area contributed by atoms with E-state index in [0.717, 1.165) is 28.8 Å². The fourth-order valence-electron chi connectivity index (χ4n) is 3.88. The highest BCUT2D eigenvalue weighted by Crippen LogP contribution is 2.36. The van der Waals surface area contributed by atoms with Gasteiger partial charge in [0.2, 0.25) is 5.95 Å². The molecule has 1 aliphatic heterocycles. The van der Waals surface area contributed by atoms with E-state index in [1.807, 2.05) is 38.3 Å². The van der Waals surface area contributed by atoms with Crippen molar-refractivity contribution >= 4 is 34.7 Å². The summed E-state index contributed by atoms with van der Waals surface area (Å²) < 4.78 is 30.1. The number of halogens is 2. The number of nitrogens with one attached hydrogen (secondary N) is 1. The maximum Gasteiger partial charge on any atom is 0.231 e. The number of nitrogens with zero attached hydrogens (tertiary/aromatic N) is 5. The van der Waals surface area contributed by atoms with Crippen LogP contribution in [0.5, 0.6) is 0 Å². The summed E-state index contributed by atoms with van der Waals surface area (Å²) in [5, 5.41) is 8.16. The van der Waals surface area contributed by atoms with Gasteiger partial charge in [-0.05, 0) is 38.0 Å². The number of aliphatic imine (C=N–C) groups is 1. The predicted molar refractivity (Wildman–Crippen MR) is 121 cm³/mol. The molecule has 2 aromatic heterocycles. The number of fused-ring (bicyclic) bond motifs is 2. The van der Waals surface area contributed by atoms with Crippen molar-refractivity contribution in [3.63, 3.8) is 0 Å². The highest BCUT2D eigenvalue weighted by molar-refractivity contribution is 6.04. The maximum absolute atomic E-state index is 14.3. The van der Waals surface area contributed by atoms with Gasteiger partial charge in [-0.3, -0.25) is 4.99 Å². The van der Waals surface area contributed by atoms with Gasteiger partial charge in [-0.25, -0.2) is 13.5 Å². The molecule has 0 atom stereocenters. The Kier molecular flexibility index (Phi) is 4.61. The van der Waals surface area contributed by atoms with Gasteiger partial charge in [0.15, 0.2) is 5.65 Å². The summed E-state index contributed by atoms with van der Waals surface area (Å²) in [4.78, 5) is 13.2. The van der Waals surface area contributed by atoms with Gasteiger partial charge in [0.05, 0.1) is 17.6 Å². The molecule has 2 aromatic carbocycles. The van der Waals surface area contributed by atoms with Crippen LogP contribution in [0.15, 0.2) is 35.3 Å². The molecule has 0 saturated heterocycles. The molecule has 9 heteroatoms. The van der Waals surface area contributed by atoms with E-state index in [1.54, 1.807) is 4.68 Å². The standard InChI is InChI=1S/C23H21F2N7/c1-11(2)32-22-19(20(31-32)14-6-4-5-13-9-27-10-15(13)14)21(26)29-23(30-22)28-18-8-16(24)12(3)7-17(18)25/h4-8,10-11H,9H2,1-3H3,(H3,26,28,29,30). The normalized spacial score (nSPS) is 12.7. The molecule has 3 N–H and O–H groups in total. The average Bonchev–Trinajstić information content (AvgIpc) is 3.37. The third-order valence-corrected chi connectivity index (χ3v) is 5.50. The van der Waals surface area contributed by atoms with Gasteiger partial charge in [-0.2, -0.15) is 15.1 Å². The number of hydrogen-bond acceptors (Lipinski definition) is 6. The van der Waals surface area contributed by atoms with E-state index in [0.29, 0.717) is 23.3 Å². The van der Waals surface area contributed by atoms with Crippen LogP contribution >= 0.6 is 0 Å². The van der Waals surface area contributed by atoms with Crippen molar-refractivity contribution in [3.05, 3.63) is 58.7 Å². The highest BCUT2D eigenvalue weighted by atomic mass is 19.1. The zero-order valence-electron chi connectivity index (χ0n) is 17.8. The molecule has 0 spiro atoms.